The van der Waals surface area contributed by atoms with Crippen LogP contribution in [0.1, 0.15) is 74.7 Å². The van der Waals surface area contributed by atoms with E-state index in [1.165, 1.54) is 6.92 Å². The van der Waals surface area contributed by atoms with Gasteiger partial charge in [-0.1, -0.05) is 54.5 Å². The largest absolute Gasteiger partial charge is 0.478 e. The zero-order valence-corrected chi connectivity index (χ0v) is 19.1. The van der Waals surface area contributed by atoms with Crippen molar-refractivity contribution in [1.82, 2.24) is 10.2 Å². The Bertz CT molecular complexity index is 569. The highest BCUT2D eigenvalue weighted by Crippen LogP contribution is 2.31. The van der Waals surface area contributed by atoms with E-state index in [2.05, 4.69) is 5.32 Å². The SMILES string of the molecule is CCC(CC)(CC)C(=O)N[C@H](C(=O)N(C)[C@H](/C=C(\C)C(=O)O)C(C)C)C(C)C. The normalized spacial score (nSPS) is 14.8. The third-order valence-corrected chi connectivity index (χ3v) is 5.97. The zero-order valence-electron chi connectivity index (χ0n) is 19.1. The van der Waals surface area contributed by atoms with Crippen molar-refractivity contribution in [3.8, 4) is 0 Å². The molecule has 0 heterocycles. The molecule has 0 aromatic rings. The van der Waals surface area contributed by atoms with Crippen LogP contribution in [0.25, 0.3) is 0 Å². The number of nitrogens with one attached hydrogen (secondary N) is 1. The van der Waals surface area contributed by atoms with Crippen LogP contribution >= 0.6 is 0 Å². The molecule has 6 heteroatoms. The average Bonchev–Trinajstić information content (AvgIpc) is 2.63. The standard InChI is InChI=1S/C22H40N2O4/c1-10-22(11-2,12-3)21(28)23-18(15(6)7)19(25)24(9)17(14(4)5)13-16(8)20(26)27/h13-15,17-18H,10-12H2,1-9H3,(H,23,28)(H,26,27)/b16-13+/t17-,18+/m1/s1. The minimum absolute atomic E-state index is 0.0350. The summed E-state index contributed by atoms with van der Waals surface area (Å²) in [6, 6.07) is -1.02. The molecule has 0 unspecified atom stereocenters. The number of carbonyl (C=O) groups excluding carboxylic acids is 2. The van der Waals surface area contributed by atoms with E-state index < -0.39 is 17.4 Å². The fourth-order valence-corrected chi connectivity index (χ4v) is 3.48. The molecule has 0 aliphatic rings. The lowest BCUT2D eigenvalue weighted by Gasteiger charge is -2.36. The molecule has 0 rings (SSSR count). The Kier molecular flexibility index (Phi) is 10.5. The van der Waals surface area contributed by atoms with Gasteiger partial charge in [-0.15, -0.1) is 0 Å². The van der Waals surface area contributed by atoms with E-state index in [9.17, 15) is 19.5 Å². The van der Waals surface area contributed by atoms with E-state index in [0.717, 1.165) is 19.3 Å². The smallest absolute Gasteiger partial charge is 0.331 e. The fourth-order valence-electron chi connectivity index (χ4n) is 3.48. The van der Waals surface area contributed by atoms with Crippen molar-refractivity contribution in [3.05, 3.63) is 11.6 Å². The first-order valence-corrected chi connectivity index (χ1v) is 10.4. The van der Waals surface area contributed by atoms with Gasteiger partial charge in [-0.05, 0) is 38.0 Å². The first-order chi connectivity index (χ1) is 12.9. The Hall–Kier alpha value is -1.85. The first-order valence-electron chi connectivity index (χ1n) is 10.4. The van der Waals surface area contributed by atoms with Gasteiger partial charge in [0, 0.05) is 18.0 Å². The molecule has 162 valence electrons. The summed E-state index contributed by atoms with van der Waals surface area (Å²) in [4.78, 5) is 39.0. The number of carboxylic acids is 1. The molecule has 0 aliphatic heterocycles. The molecule has 0 aromatic heterocycles. The summed E-state index contributed by atoms with van der Waals surface area (Å²) < 4.78 is 0. The summed E-state index contributed by atoms with van der Waals surface area (Å²) in [7, 11) is 1.67. The highest BCUT2D eigenvalue weighted by Gasteiger charge is 2.37. The third-order valence-electron chi connectivity index (χ3n) is 5.97. The number of likely N-dealkylation sites (N-methyl/N-ethyl adjacent to an activating group) is 1. The van der Waals surface area contributed by atoms with Gasteiger partial charge in [0.25, 0.3) is 0 Å². The molecule has 0 aromatic carbocycles. The molecule has 0 aliphatic carbocycles. The number of nitrogens with zero attached hydrogens (tertiary/aromatic N) is 1. The summed E-state index contributed by atoms with van der Waals surface area (Å²) in [6.45, 7) is 15.2. The number of hydrogen-bond acceptors (Lipinski definition) is 3. The molecule has 0 saturated heterocycles. The second kappa shape index (κ2) is 11.2. The maximum absolute atomic E-state index is 13.2. The maximum Gasteiger partial charge on any atom is 0.331 e. The Balaban J connectivity index is 5.73. The van der Waals surface area contributed by atoms with Crippen LogP contribution < -0.4 is 5.32 Å². The minimum atomic E-state index is -1.00. The van der Waals surface area contributed by atoms with Gasteiger partial charge in [0.1, 0.15) is 6.04 Å². The lowest BCUT2D eigenvalue weighted by molar-refractivity contribution is -0.141. The molecule has 2 atom stereocenters. The molecule has 2 N–H and O–H groups in total. The van der Waals surface area contributed by atoms with E-state index in [1.807, 2.05) is 48.5 Å². The molecule has 0 bridgehead atoms. The van der Waals surface area contributed by atoms with Crippen molar-refractivity contribution < 1.29 is 19.5 Å². The van der Waals surface area contributed by atoms with Gasteiger partial charge >= 0.3 is 5.97 Å². The lowest BCUT2D eigenvalue weighted by atomic mass is 9.78. The maximum atomic E-state index is 13.2. The second-order valence-electron chi connectivity index (χ2n) is 8.37. The van der Waals surface area contributed by atoms with E-state index in [1.54, 1.807) is 18.0 Å². The number of hydrogen-bond donors (Lipinski definition) is 2. The van der Waals surface area contributed by atoms with Crippen LogP contribution in [-0.2, 0) is 14.4 Å². The topological polar surface area (TPSA) is 86.7 Å². The van der Waals surface area contributed by atoms with E-state index in [4.69, 9.17) is 0 Å². The Morgan fingerprint density at radius 2 is 1.46 bits per heavy atom. The van der Waals surface area contributed by atoms with Crippen molar-refractivity contribution in [2.45, 2.75) is 86.7 Å². The van der Waals surface area contributed by atoms with Crippen LogP contribution in [0.4, 0.5) is 0 Å². The van der Waals surface area contributed by atoms with Crippen LogP contribution in [0.5, 0.6) is 0 Å². The van der Waals surface area contributed by atoms with Gasteiger partial charge in [0.15, 0.2) is 0 Å². The number of aliphatic carboxylic acids is 1. The summed E-state index contributed by atoms with van der Waals surface area (Å²) in [5, 5.41) is 12.2. The molecular formula is C22H40N2O4. The molecule has 2 amide bonds. The minimum Gasteiger partial charge on any atom is -0.478 e. The van der Waals surface area contributed by atoms with Crippen molar-refractivity contribution in [2.75, 3.05) is 7.05 Å². The molecular weight excluding hydrogens is 356 g/mol. The highest BCUT2D eigenvalue weighted by atomic mass is 16.4. The molecule has 0 spiro atoms. The van der Waals surface area contributed by atoms with Crippen LogP contribution in [0.15, 0.2) is 11.6 Å². The molecule has 0 fully saturated rings. The van der Waals surface area contributed by atoms with Crippen molar-refractivity contribution in [2.24, 2.45) is 17.3 Å². The number of rotatable bonds is 11. The predicted molar refractivity (Wildman–Crippen MR) is 113 cm³/mol. The second-order valence-corrected chi connectivity index (χ2v) is 8.37. The van der Waals surface area contributed by atoms with Crippen LogP contribution in [-0.4, -0.2) is 46.9 Å². The number of carbonyl (C=O) groups is 3. The fraction of sp³-hybridized carbons (Fsp3) is 0.773. The van der Waals surface area contributed by atoms with Crippen molar-refractivity contribution in [1.29, 1.82) is 0 Å². The predicted octanol–water partition coefficient (Wildman–Crippen LogP) is 3.86. The highest BCUT2D eigenvalue weighted by molar-refractivity contribution is 5.91. The number of amides is 2. The zero-order chi connectivity index (χ0) is 22.2. The van der Waals surface area contributed by atoms with Crippen LogP contribution in [0.2, 0.25) is 0 Å². The third kappa shape index (κ3) is 6.35. The average molecular weight is 397 g/mol. The molecule has 0 saturated carbocycles. The van der Waals surface area contributed by atoms with Gasteiger partial charge in [0.2, 0.25) is 11.8 Å². The summed E-state index contributed by atoms with van der Waals surface area (Å²) >= 11 is 0. The monoisotopic (exact) mass is 396 g/mol. The van der Waals surface area contributed by atoms with E-state index in [0.29, 0.717) is 0 Å². The molecule has 0 radical (unpaired) electrons. The molecule has 6 nitrogen and oxygen atoms in total. The Morgan fingerprint density at radius 1 is 1.00 bits per heavy atom. The van der Waals surface area contributed by atoms with Crippen molar-refractivity contribution in [3.63, 3.8) is 0 Å². The van der Waals surface area contributed by atoms with Crippen molar-refractivity contribution >= 4 is 17.8 Å². The summed E-state index contributed by atoms with van der Waals surface area (Å²) in [6.07, 6.45) is 3.76. The van der Waals surface area contributed by atoms with Gasteiger partial charge < -0.3 is 15.3 Å². The van der Waals surface area contributed by atoms with Gasteiger partial charge in [0.05, 0.1) is 6.04 Å². The number of carboxylic acid groups (broad SMARTS) is 1. The summed E-state index contributed by atoms with van der Waals surface area (Å²) in [5.41, 5.74) is -0.270. The van der Waals surface area contributed by atoms with Gasteiger partial charge in [-0.25, -0.2) is 4.79 Å². The lowest BCUT2D eigenvalue weighted by Crippen LogP contribution is -2.56. The Morgan fingerprint density at radius 3 is 1.79 bits per heavy atom. The van der Waals surface area contributed by atoms with Gasteiger partial charge in [-0.3, -0.25) is 9.59 Å². The van der Waals surface area contributed by atoms with E-state index in [-0.39, 0.29) is 35.3 Å². The van der Waals surface area contributed by atoms with Gasteiger partial charge in [-0.2, -0.15) is 0 Å². The Labute approximate surface area is 170 Å². The summed E-state index contributed by atoms with van der Waals surface area (Å²) in [5.74, 6) is -1.33. The quantitative estimate of drug-likeness (QED) is 0.519. The van der Waals surface area contributed by atoms with E-state index >= 15 is 0 Å². The van der Waals surface area contributed by atoms with Crippen LogP contribution in [0.3, 0.4) is 0 Å². The molecule has 28 heavy (non-hydrogen) atoms. The first kappa shape index (κ1) is 26.1. The van der Waals surface area contributed by atoms with Crippen LogP contribution in [0, 0.1) is 17.3 Å².